The molecule has 0 saturated heterocycles. The maximum Gasteiger partial charge on any atom is 0.302 e. The fourth-order valence-corrected chi connectivity index (χ4v) is 1.96. The van der Waals surface area contributed by atoms with E-state index in [-0.39, 0.29) is 6.42 Å². The van der Waals surface area contributed by atoms with Crippen LogP contribution in [0.2, 0.25) is 0 Å². The number of hydrogen-bond donors (Lipinski definition) is 0. The third kappa shape index (κ3) is 4.93. The van der Waals surface area contributed by atoms with E-state index in [1.54, 1.807) is 0 Å². The van der Waals surface area contributed by atoms with E-state index in [4.69, 9.17) is 0 Å². The second kappa shape index (κ2) is 6.60. The van der Waals surface area contributed by atoms with Gasteiger partial charge in [-0.05, 0) is 37.3 Å². The molecule has 0 fully saturated rings. The average Bonchev–Trinajstić information content (AvgIpc) is 2.33. The molecule has 0 bridgehead atoms. The third-order valence-electron chi connectivity index (χ3n) is 3.09. The minimum atomic E-state index is -3.23. The van der Waals surface area contributed by atoms with E-state index < -0.39 is 11.7 Å². The van der Waals surface area contributed by atoms with Gasteiger partial charge in [0, 0.05) is 13.3 Å². The Kier molecular flexibility index (Phi) is 5.40. The van der Waals surface area contributed by atoms with Crippen molar-refractivity contribution in [3.8, 4) is 0 Å². The Morgan fingerprint density at radius 2 is 2.00 bits per heavy atom. The van der Waals surface area contributed by atoms with Crippen molar-refractivity contribution in [2.75, 3.05) is 0 Å². The molecule has 1 nitrogen and oxygen atoms in total. The number of ketones is 1. The molecule has 0 heterocycles. The van der Waals surface area contributed by atoms with Crippen molar-refractivity contribution in [3.05, 3.63) is 47.5 Å². The summed E-state index contributed by atoms with van der Waals surface area (Å²) in [5.41, 5.74) is 3.17. The standard InChI is InChI=1S/C16H20F2O/c1-4-5-6-13-8-7-12(2)11-14(13)9-10-15(19)16(3,17)18/h4,7-8,11H,1,5-6,9-10H2,2-3H3. The van der Waals surface area contributed by atoms with E-state index in [9.17, 15) is 13.6 Å². The molecule has 104 valence electrons. The smallest absolute Gasteiger partial charge is 0.293 e. The van der Waals surface area contributed by atoms with Gasteiger partial charge in [0.1, 0.15) is 0 Å². The van der Waals surface area contributed by atoms with Crippen LogP contribution in [-0.2, 0) is 17.6 Å². The van der Waals surface area contributed by atoms with E-state index in [0.29, 0.717) is 13.3 Å². The highest BCUT2D eigenvalue weighted by molar-refractivity contribution is 5.85. The number of alkyl halides is 2. The van der Waals surface area contributed by atoms with Crippen molar-refractivity contribution in [2.24, 2.45) is 0 Å². The van der Waals surface area contributed by atoms with Crippen molar-refractivity contribution < 1.29 is 13.6 Å². The molecule has 0 aliphatic rings. The lowest BCUT2D eigenvalue weighted by atomic mass is 9.95. The van der Waals surface area contributed by atoms with Crippen LogP contribution in [0, 0.1) is 6.92 Å². The molecule has 0 aromatic heterocycles. The topological polar surface area (TPSA) is 17.1 Å². The van der Waals surface area contributed by atoms with E-state index in [1.165, 1.54) is 0 Å². The highest BCUT2D eigenvalue weighted by Gasteiger charge is 2.31. The van der Waals surface area contributed by atoms with Crippen LogP contribution < -0.4 is 0 Å². The number of aryl methyl sites for hydroxylation is 3. The number of hydrogen-bond acceptors (Lipinski definition) is 1. The van der Waals surface area contributed by atoms with Crippen LogP contribution in [0.25, 0.3) is 0 Å². The van der Waals surface area contributed by atoms with Gasteiger partial charge in [-0.25, -0.2) is 0 Å². The number of halogens is 2. The van der Waals surface area contributed by atoms with Crippen molar-refractivity contribution in [1.82, 2.24) is 0 Å². The maximum absolute atomic E-state index is 12.8. The first-order chi connectivity index (χ1) is 8.84. The predicted octanol–water partition coefficient (Wildman–Crippen LogP) is 4.27. The minimum absolute atomic E-state index is 0.117. The molecule has 0 aliphatic carbocycles. The average molecular weight is 266 g/mol. The highest BCUT2D eigenvalue weighted by atomic mass is 19.3. The van der Waals surface area contributed by atoms with E-state index in [2.05, 4.69) is 6.58 Å². The molecular weight excluding hydrogens is 246 g/mol. The van der Waals surface area contributed by atoms with Gasteiger partial charge in [0.2, 0.25) is 5.78 Å². The summed E-state index contributed by atoms with van der Waals surface area (Å²) in [5.74, 6) is -4.23. The molecule has 1 aromatic carbocycles. The molecule has 19 heavy (non-hydrogen) atoms. The van der Waals surface area contributed by atoms with Gasteiger partial charge < -0.3 is 0 Å². The van der Waals surface area contributed by atoms with Gasteiger partial charge in [0.25, 0.3) is 0 Å². The Morgan fingerprint density at radius 1 is 1.32 bits per heavy atom. The van der Waals surface area contributed by atoms with Gasteiger partial charge >= 0.3 is 5.92 Å². The lowest BCUT2D eigenvalue weighted by Gasteiger charge is -2.12. The Hall–Kier alpha value is -1.51. The largest absolute Gasteiger partial charge is 0.302 e. The number of rotatable bonds is 7. The summed E-state index contributed by atoms with van der Waals surface area (Å²) in [7, 11) is 0. The predicted molar refractivity (Wildman–Crippen MR) is 73.6 cm³/mol. The number of carbonyl (C=O) groups is 1. The van der Waals surface area contributed by atoms with Crippen molar-refractivity contribution in [3.63, 3.8) is 0 Å². The Bertz CT molecular complexity index is 458. The fraction of sp³-hybridized carbons (Fsp3) is 0.438. The monoisotopic (exact) mass is 266 g/mol. The van der Waals surface area contributed by atoms with Crippen LogP contribution in [0.15, 0.2) is 30.9 Å². The normalized spacial score (nSPS) is 11.4. The molecule has 3 heteroatoms. The second-order valence-corrected chi connectivity index (χ2v) is 4.91. The zero-order valence-electron chi connectivity index (χ0n) is 11.5. The maximum atomic E-state index is 12.8. The fourth-order valence-electron chi connectivity index (χ4n) is 1.96. The van der Waals surface area contributed by atoms with Crippen LogP contribution in [0.3, 0.4) is 0 Å². The lowest BCUT2D eigenvalue weighted by molar-refractivity contribution is -0.140. The second-order valence-electron chi connectivity index (χ2n) is 4.91. The summed E-state index contributed by atoms with van der Waals surface area (Å²) in [5, 5.41) is 0. The number of carbonyl (C=O) groups excluding carboxylic acids is 1. The zero-order valence-corrected chi connectivity index (χ0v) is 11.5. The molecule has 0 saturated carbocycles. The molecule has 0 unspecified atom stereocenters. The van der Waals surface area contributed by atoms with E-state index >= 15 is 0 Å². The molecule has 0 atom stereocenters. The zero-order chi connectivity index (χ0) is 14.5. The van der Waals surface area contributed by atoms with Gasteiger partial charge in [-0.15, -0.1) is 6.58 Å². The van der Waals surface area contributed by atoms with E-state index in [0.717, 1.165) is 29.5 Å². The lowest BCUT2D eigenvalue weighted by Crippen LogP contribution is -2.24. The number of allylic oxidation sites excluding steroid dienone is 1. The molecule has 0 aliphatic heterocycles. The van der Waals surface area contributed by atoms with Crippen LogP contribution in [-0.4, -0.2) is 11.7 Å². The Labute approximate surface area is 113 Å². The third-order valence-corrected chi connectivity index (χ3v) is 3.09. The van der Waals surface area contributed by atoms with E-state index in [1.807, 2.05) is 31.2 Å². The summed E-state index contributed by atoms with van der Waals surface area (Å²) >= 11 is 0. The highest BCUT2D eigenvalue weighted by Crippen LogP contribution is 2.20. The molecule has 0 radical (unpaired) electrons. The molecule has 0 spiro atoms. The molecule has 0 N–H and O–H groups in total. The van der Waals surface area contributed by atoms with Gasteiger partial charge in [-0.1, -0.05) is 29.8 Å². The van der Waals surface area contributed by atoms with Crippen molar-refractivity contribution >= 4 is 5.78 Å². The summed E-state index contributed by atoms with van der Waals surface area (Å²) in [6.45, 7) is 6.29. The Morgan fingerprint density at radius 3 is 2.58 bits per heavy atom. The first-order valence-corrected chi connectivity index (χ1v) is 6.45. The van der Waals surface area contributed by atoms with Crippen LogP contribution in [0.4, 0.5) is 8.78 Å². The van der Waals surface area contributed by atoms with Crippen molar-refractivity contribution in [2.45, 2.75) is 45.5 Å². The first kappa shape index (κ1) is 15.5. The summed E-state index contributed by atoms with van der Waals surface area (Å²) in [6.07, 6.45) is 3.75. The number of Topliss-reactive ketones (excluding diaryl/α,β-unsaturated/α-hetero) is 1. The Balaban J connectivity index is 2.78. The van der Waals surface area contributed by atoms with Crippen LogP contribution in [0.5, 0.6) is 0 Å². The van der Waals surface area contributed by atoms with Gasteiger partial charge in [-0.2, -0.15) is 8.78 Å². The molecule has 1 rings (SSSR count). The molecular formula is C16H20F2O. The summed E-state index contributed by atoms with van der Waals surface area (Å²) in [6, 6.07) is 5.97. The van der Waals surface area contributed by atoms with Crippen LogP contribution in [0.1, 0.15) is 36.5 Å². The van der Waals surface area contributed by atoms with Gasteiger partial charge in [0.15, 0.2) is 0 Å². The van der Waals surface area contributed by atoms with Crippen molar-refractivity contribution in [1.29, 1.82) is 0 Å². The summed E-state index contributed by atoms with van der Waals surface area (Å²) < 4.78 is 25.7. The summed E-state index contributed by atoms with van der Waals surface area (Å²) in [4.78, 5) is 11.3. The first-order valence-electron chi connectivity index (χ1n) is 6.45. The SMILES string of the molecule is C=CCCc1ccc(C)cc1CCC(=O)C(C)(F)F. The minimum Gasteiger partial charge on any atom is -0.293 e. The van der Waals surface area contributed by atoms with Gasteiger partial charge in [0.05, 0.1) is 0 Å². The quantitative estimate of drug-likeness (QED) is 0.673. The molecule has 1 aromatic rings. The number of benzene rings is 1. The van der Waals surface area contributed by atoms with Gasteiger partial charge in [-0.3, -0.25) is 4.79 Å². The van der Waals surface area contributed by atoms with Crippen LogP contribution >= 0.6 is 0 Å². The molecule has 0 amide bonds.